The van der Waals surface area contributed by atoms with Crippen LogP contribution < -0.4 is 10.2 Å². The molecule has 6 nitrogen and oxygen atoms in total. The van der Waals surface area contributed by atoms with E-state index in [9.17, 15) is 14.7 Å². The van der Waals surface area contributed by atoms with Gasteiger partial charge in [0.15, 0.2) is 0 Å². The number of rotatable bonds is 5. The van der Waals surface area contributed by atoms with Crippen LogP contribution in [0.25, 0.3) is 0 Å². The van der Waals surface area contributed by atoms with Gasteiger partial charge in [0.2, 0.25) is 0 Å². The number of aryl methyl sites for hydroxylation is 1. The first-order chi connectivity index (χ1) is 15.0. The minimum Gasteiger partial charge on any atom is -0.478 e. The van der Waals surface area contributed by atoms with Crippen molar-refractivity contribution in [3.63, 3.8) is 0 Å². The summed E-state index contributed by atoms with van der Waals surface area (Å²) in [6.45, 7) is 6.16. The van der Waals surface area contributed by atoms with E-state index in [0.717, 1.165) is 37.2 Å². The van der Waals surface area contributed by atoms with Crippen molar-refractivity contribution in [2.75, 3.05) is 36.4 Å². The van der Waals surface area contributed by atoms with E-state index in [2.05, 4.69) is 15.1 Å². The molecule has 0 atom stereocenters. The Morgan fingerprint density at radius 2 is 1.68 bits per heavy atom. The average Bonchev–Trinajstić information content (AvgIpc) is 2.80. The van der Waals surface area contributed by atoms with Crippen LogP contribution in [0.1, 0.15) is 58.4 Å². The summed E-state index contributed by atoms with van der Waals surface area (Å²) in [5.74, 6) is -1.22. The quantitative estimate of drug-likeness (QED) is 0.749. The summed E-state index contributed by atoms with van der Waals surface area (Å²) in [5.41, 5.74) is 3.19. The van der Waals surface area contributed by atoms with Gasteiger partial charge >= 0.3 is 5.97 Å². The van der Waals surface area contributed by atoms with Gasteiger partial charge in [0, 0.05) is 24.7 Å². The van der Waals surface area contributed by atoms with E-state index >= 15 is 0 Å². The zero-order valence-corrected chi connectivity index (χ0v) is 18.1. The smallest absolute Gasteiger partial charge is 0.335 e. The van der Waals surface area contributed by atoms with Crippen LogP contribution in [0, 0.1) is 6.92 Å². The summed E-state index contributed by atoms with van der Waals surface area (Å²) < 4.78 is 0. The molecule has 2 aromatic rings. The maximum atomic E-state index is 12.9. The lowest BCUT2D eigenvalue weighted by Gasteiger charge is -2.41. The molecular weight excluding hydrogens is 390 g/mol. The van der Waals surface area contributed by atoms with Gasteiger partial charge in [-0.1, -0.05) is 24.1 Å². The lowest BCUT2D eigenvalue weighted by Crippen LogP contribution is -2.46. The van der Waals surface area contributed by atoms with Gasteiger partial charge in [0.05, 0.1) is 16.9 Å². The predicted molar refractivity (Wildman–Crippen MR) is 123 cm³/mol. The zero-order chi connectivity index (χ0) is 21.8. The summed E-state index contributed by atoms with van der Waals surface area (Å²) in [4.78, 5) is 29.3. The Bertz CT molecular complexity index is 945. The van der Waals surface area contributed by atoms with Gasteiger partial charge in [-0.05, 0) is 76.0 Å². The standard InChI is InChI=1S/C25H31N3O3/c1-18-6-5-7-19(16-18)24(29)26-22-17-20(25(30)31)8-9-23(22)28-14-10-21(11-15-28)27-12-3-2-4-13-27/h5-9,16-17,21H,2-4,10-15H2,1H3,(H,26,29)(H,30,31). The molecule has 31 heavy (non-hydrogen) atoms. The number of hydrogen-bond donors (Lipinski definition) is 2. The minimum atomic E-state index is -0.999. The first-order valence-electron chi connectivity index (χ1n) is 11.3. The summed E-state index contributed by atoms with van der Waals surface area (Å²) in [5, 5.41) is 12.4. The van der Waals surface area contributed by atoms with Crippen molar-refractivity contribution in [2.24, 2.45) is 0 Å². The van der Waals surface area contributed by atoms with E-state index in [-0.39, 0.29) is 11.5 Å². The maximum absolute atomic E-state index is 12.9. The van der Waals surface area contributed by atoms with Crippen LogP contribution in [0.3, 0.4) is 0 Å². The molecule has 6 heteroatoms. The third-order valence-corrected chi connectivity index (χ3v) is 6.48. The Hall–Kier alpha value is -2.86. The second-order valence-corrected chi connectivity index (χ2v) is 8.68. The molecule has 2 heterocycles. The Balaban J connectivity index is 1.52. The number of carboxylic acids is 1. The number of carboxylic acid groups (broad SMARTS) is 1. The number of carbonyl (C=O) groups excluding carboxylic acids is 1. The molecule has 0 spiro atoms. The van der Waals surface area contributed by atoms with Gasteiger partial charge < -0.3 is 20.2 Å². The Morgan fingerprint density at radius 3 is 2.35 bits per heavy atom. The molecule has 164 valence electrons. The Kier molecular flexibility index (Phi) is 6.56. The fraction of sp³-hybridized carbons (Fsp3) is 0.440. The molecule has 2 aromatic carbocycles. The normalized spacial score (nSPS) is 18.0. The molecule has 2 N–H and O–H groups in total. The summed E-state index contributed by atoms with van der Waals surface area (Å²) in [6, 6.07) is 13.0. The fourth-order valence-electron chi connectivity index (χ4n) is 4.78. The molecule has 0 radical (unpaired) electrons. The summed E-state index contributed by atoms with van der Waals surface area (Å²) >= 11 is 0. The third-order valence-electron chi connectivity index (χ3n) is 6.48. The number of carbonyl (C=O) groups is 2. The first kappa shape index (κ1) is 21.4. The molecule has 2 aliphatic heterocycles. The minimum absolute atomic E-state index is 0.173. The highest BCUT2D eigenvalue weighted by Gasteiger charge is 2.27. The fourth-order valence-corrected chi connectivity index (χ4v) is 4.78. The largest absolute Gasteiger partial charge is 0.478 e. The molecule has 1 amide bonds. The van der Waals surface area contributed by atoms with Crippen molar-refractivity contribution in [2.45, 2.75) is 45.1 Å². The van der Waals surface area contributed by atoms with Crippen LogP contribution in [0.5, 0.6) is 0 Å². The van der Waals surface area contributed by atoms with E-state index in [1.807, 2.05) is 31.2 Å². The molecule has 0 aromatic heterocycles. The number of piperidine rings is 2. The lowest BCUT2D eigenvalue weighted by molar-refractivity contribution is 0.0696. The van der Waals surface area contributed by atoms with Crippen LogP contribution in [0.15, 0.2) is 42.5 Å². The van der Waals surface area contributed by atoms with Crippen LogP contribution in [-0.4, -0.2) is 54.1 Å². The number of amides is 1. The maximum Gasteiger partial charge on any atom is 0.335 e. The summed E-state index contributed by atoms with van der Waals surface area (Å²) in [6.07, 6.45) is 6.12. The molecular formula is C25H31N3O3. The average molecular weight is 422 g/mol. The van der Waals surface area contributed by atoms with Gasteiger partial charge in [-0.2, -0.15) is 0 Å². The van der Waals surface area contributed by atoms with Gasteiger partial charge in [0.25, 0.3) is 5.91 Å². The zero-order valence-electron chi connectivity index (χ0n) is 18.1. The second-order valence-electron chi connectivity index (χ2n) is 8.68. The highest BCUT2D eigenvalue weighted by molar-refractivity contribution is 6.06. The van der Waals surface area contributed by atoms with Gasteiger partial charge in [-0.15, -0.1) is 0 Å². The molecule has 0 bridgehead atoms. The third kappa shape index (κ3) is 5.07. The number of aromatic carboxylic acids is 1. The number of likely N-dealkylation sites (tertiary alicyclic amines) is 1. The Labute approximate surface area is 183 Å². The molecule has 2 aliphatic rings. The second kappa shape index (κ2) is 9.52. The van der Waals surface area contributed by atoms with Crippen molar-refractivity contribution in [1.82, 2.24) is 4.90 Å². The number of anilines is 2. The number of nitrogens with zero attached hydrogens (tertiary/aromatic N) is 2. The number of nitrogens with one attached hydrogen (secondary N) is 1. The highest BCUT2D eigenvalue weighted by Crippen LogP contribution is 2.32. The van der Waals surface area contributed by atoms with Crippen molar-refractivity contribution in [3.8, 4) is 0 Å². The van der Waals surface area contributed by atoms with E-state index < -0.39 is 5.97 Å². The van der Waals surface area contributed by atoms with Crippen LogP contribution in [0.4, 0.5) is 11.4 Å². The molecule has 0 unspecified atom stereocenters. The van der Waals surface area contributed by atoms with Gasteiger partial charge in [-0.25, -0.2) is 4.79 Å². The van der Waals surface area contributed by atoms with Crippen molar-refractivity contribution in [3.05, 3.63) is 59.2 Å². The monoisotopic (exact) mass is 421 g/mol. The van der Waals surface area contributed by atoms with Crippen LogP contribution in [-0.2, 0) is 0 Å². The molecule has 4 rings (SSSR count). The van der Waals surface area contributed by atoms with Crippen LogP contribution >= 0.6 is 0 Å². The molecule has 0 aliphatic carbocycles. The van der Waals surface area contributed by atoms with Crippen LogP contribution in [0.2, 0.25) is 0 Å². The predicted octanol–water partition coefficient (Wildman–Crippen LogP) is 4.40. The molecule has 0 saturated carbocycles. The van der Waals surface area contributed by atoms with Crippen molar-refractivity contribution in [1.29, 1.82) is 0 Å². The lowest BCUT2D eigenvalue weighted by atomic mass is 9.99. The Morgan fingerprint density at radius 1 is 0.935 bits per heavy atom. The number of hydrogen-bond acceptors (Lipinski definition) is 4. The van der Waals surface area contributed by atoms with Gasteiger partial charge in [-0.3, -0.25) is 4.79 Å². The molecule has 2 fully saturated rings. The van der Waals surface area contributed by atoms with E-state index in [1.54, 1.807) is 18.2 Å². The van der Waals surface area contributed by atoms with Crippen molar-refractivity contribution >= 4 is 23.3 Å². The number of benzene rings is 2. The van der Waals surface area contributed by atoms with Crippen molar-refractivity contribution < 1.29 is 14.7 Å². The van der Waals surface area contributed by atoms with E-state index in [1.165, 1.54) is 32.4 Å². The van der Waals surface area contributed by atoms with E-state index in [0.29, 0.717) is 17.3 Å². The first-order valence-corrected chi connectivity index (χ1v) is 11.3. The highest BCUT2D eigenvalue weighted by atomic mass is 16.4. The van der Waals surface area contributed by atoms with Gasteiger partial charge in [0.1, 0.15) is 0 Å². The molecule has 2 saturated heterocycles. The topological polar surface area (TPSA) is 72.9 Å². The summed E-state index contributed by atoms with van der Waals surface area (Å²) in [7, 11) is 0. The SMILES string of the molecule is Cc1cccc(C(=O)Nc2cc(C(=O)O)ccc2N2CCC(N3CCCCC3)CC2)c1. The van der Waals surface area contributed by atoms with E-state index in [4.69, 9.17) is 0 Å².